The van der Waals surface area contributed by atoms with Crippen LogP contribution in [0.3, 0.4) is 0 Å². The SMILES string of the molecule is COc1ccccc1CCn1cnc(-c2ccccc2Br)c1CC(C)C. The van der Waals surface area contributed by atoms with E-state index in [0.29, 0.717) is 5.92 Å². The van der Waals surface area contributed by atoms with E-state index in [0.717, 1.165) is 40.9 Å². The molecule has 3 aromatic rings. The molecule has 0 amide bonds. The van der Waals surface area contributed by atoms with Gasteiger partial charge in [-0.25, -0.2) is 4.98 Å². The molecule has 136 valence electrons. The van der Waals surface area contributed by atoms with Crippen LogP contribution in [0.25, 0.3) is 11.3 Å². The predicted molar refractivity (Wildman–Crippen MR) is 111 cm³/mol. The molecule has 1 aromatic heterocycles. The second kappa shape index (κ2) is 8.54. The van der Waals surface area contributed by atoms with Gasteiger partial charge in [0.1, 0.15) is 5.75 Å². The minimum Gasteiger partial charge on any atom is -0.496 e. The molecular weight excluding hydrogens is 388 g/mol. The predicted octanol–water partition coefficient (Wildman–Crippen LogP) is 5.76. The summed E-state index contributed by atoms with van der Waals surface area (Å²) in [7, 11) is 1.73. The van der Waals surface area contributed by atoms with Crippen molar-refractivity contribution >= 4 is 15.9 Å². The zero-order chi connectivity index (χ0) is 18.5. The molecule has 0 aliphatic carbocycles. The van der Waals surface area contributed by atoms with Gasteiger partial charge < -0.3 is 9.30 Å². The van der Waals surface area contributed by atoms with Gasteiger partial charge in [-0.3, -0.25) is 0 Å². The van der Waals surface area contributed by atoms with Crippen LogP contribution in [-0.2, 0) is 19.4 Å². The maximum absolute atomic E-state index is 5.49. The average Bonchev–Trinajstić information content (AvgIpc) is 3.02. The highest BCUT2D eigenvalue weighted by Crippen LogP contribution is 2.31. The number of rotatable bonds is 7. The highest BCUT2D eigenvalue weighted by molar-refractivity contribution is 9.10. The fraction of sp³-hybridized carbons (Fsp3) is 0.318. The van der Waals surface area contributed by atoms with Crippen LogP contribution in [-0.4, -0.2) is 16.7 Å². The zero-order valence-electron chi connectivity index (χ0n) is 15.6. The first-order chi connectivity index (χ1) is 12.6. The molecule has 0 atom stereocenters. The molecule has 0 fully saturated rings. The average molecular weight is 413 g/mol. The molecule has 0 aliphatic heterocycles. The summed E-state index contributed by atoms with van der Waals surface area (Å²) in [4.78, 5) is 4.76. The zero-order valence-corrected chi connectivity index (χ0v) is 17.2. The highest BCUT2D eigenvalue weighted by atomic mass is 79.9. The van der Waals surface area contributed by atoms with Crippen LogP contribution in [0.1, 0.15) is 25.1 Å². The molecule has 0 radical (unpaired) electrons. The molecule has 3 rings (SSSR count). The van der Waals surface area contributed by atoms with E-state index in [-0.39, 0.29) is 0 Å². The van der Waals surface area contributed by atoms with Gasteiger partial charge in [0, 0.05) is 22.3 Å². The Morgan fingerprint density at radius 1 is 1.08 bits per heavy atom. The van der Waals surface area contributed by atoms with Gasteiger partial charge in [0.2, 0.25) is 0 Å². The Labute approximate surface area is 164 Å². The molecule has 3 nitrogen and oxygen atoms in total. The van der Waals surface area contributed by atoms with Gasteiger partial charge in [0.05, 0.1) is 19.1 Å². The van der Waals surface area contributed by atoms with Gasteiger partial charge in [0.25, 0.3) is 0 Å². The highest BCUT2D eigenvalue weighted by Gasteiger charge is 2.16. The molecule has 0 saturated carbocycles. The molecule has 0 saturated heterocycles. The maximum atomic E-state index is 5.49. The van der Waals surface area contributed by atoms with Crippen molar-refractivity contribution in [2.75, 3.05) is 7.11 Å². The van der Waals surface area contributed by atoms with Crippen molar-refractivity contribution in [3.05, 3.63) is 70.6 Å². The quantitative estimate of drug-likeness (QED) is 0.492. The molecule has 2 aromatic carbocycles. The van der Waals surface area contributed by atoms with Gasteiger partial charge in [-0.15, -0.1) is 0 Å². The van der Waals surface area contributed by atoms with Gasteiger partial charge >= 0.3 is 0 Å². The number of para-hydroxylation sites is 1. The number of ether oxygens (including phenoxy) is 1. The van der Waals surface area contributed by atoms with Crippen molar-refractivity contribution in [1.82, 2.24) is 9.55 Å². The van der Waals surface area contributed by atoms with Crippen LogP contribution >= 0.6 is 15.9 Å². The number of methoxy groups -OCH3 is 1. The first-order valence-corrected chi connectivity index (χ1v) is 9.80. The van der Waals surface area contributed by atoms with Crippen molar-refractivity contribution in [1.29, 1.82) is 0 Å². The number of aromatic nitrogens is 2. The topological polar surface area (TPSA) is 27.1 Å². The lowest BCUT2D eigenvalue weighted by Crippen LogP contribution is -2.08. The monoisotopic (exact) mass is 412 g/mol. The van der Waals surface area contributed by atoms with Crippen molar-refractivity contribution in [3.8, 4) is 17.0 Å². The molecule has 4 heteroatoms. The smallest absolute Gasteiger partial charge is 0.122 e. The van der Waals surface area contributed by atoms with Crippen LogP contribution in [0.4, 0.5) is 0 Å². The standard InChI is InChI=1S/C22H25BrN2O/c1-16(2)14-20-22(18-9-5-6-10-19(18)23)24-15-25(20)13-12-17-8-4-7-11-21(17)26-3/h4-11,15-16H,12-14H2,1-3H3. The van der Waals surface area contributed by atoms with Gasteiger partial charge in [-0.1, -0.05) is 66.2 Å². The minimum atomic E-state index is 0.568. The third kappa shape index (κ3) is 4.18. The Hall–Kier alpha value is -2.07. The van der Waals surface area contributed by atoms with E-state index in [1.165, 1.54) is 11.3 Å². The number of hydrogen-bond donors (Lipinski definition) is 0. The Morgan fingerprint density at radius 3 is 2.54 bits per heavy atom. The second-order valence-corrected chi connectivity index (χ2v) is 7.73. The molecule has 1 heterocycles. The lowest BCUT2D eigenvalue weighted by Gasteiger charge is -2.14. The molecule has 0 aliphatic rings. The van der Waals surface area contributed by atoms with Crippen molar-refractivity contribution in [3.63, 3.8) is 0 Å². The van der Waals surface area contributed by atoms with Crippen molar-refractivity contribution < 1.29 is 4.74 Å². The van der Waals surface area contributed by atoms with E-state index >= 15 is 0 Å². The summed E-state index contributed by atoms with van der Waals surface area (Å²) >= 11 is 3.67. The largest absolute Gasteiger partial charge is 0.496 e. The van der Waals surface area contributed by atoms with Crippen LogP contribution in [0.5, 0.6) is 5.75 Å². The molecule has 0 N–H and O–H groups in total. The van der Waals surface area contributed by atoms with Crippen molar-refractivity contribution in [2.45, 2.75) is 33.2 Å². The molecule has 0 spiro atoms. The number of halogens is 1. The third-order valence-electron chi connectivity index (χ3n) is 4.49. The van der Waals surface area contributed by atoms with E-state index in [2.05, 4.69) is 64.7 Å². The summed E-state index contributed by atoms with van der Waals surface area (Å²) in [6.07, 6.45) is 3.89. The Morgan fingerprint density at radius 2 is 1.81 bits per heavy atom. The number of imidazole rings is 1. The second-order valence-electron chi connectivity index (χ2n) is 6.87. The van der Waals surface area contributed by atoms with E-state index in [1.807, 2.05) is 24.5 Å². The number of benzene rings is 2. The Balaban J connectivity index is 1.91. The minimum absolute atomic E-state index is 0.568. The van der Waals surface area contributed by atoms with Gasteiger partial charge in [0.15, 0.2) is 0 Å². The maximum Gasteiger partial charge on any atom is 0.122 e. The Bertz CT molecular complexity index is 870. The van der Waals surface area contributed by atoms with E-state index in [1.54, 1.807) is 7.11 Å². The lowest BCUT2D eigenvalue weighted by atomic mass is 10.0. The van der Waals surface area contributed by atoms with E-state index < -0.39 is 0 Å². The normalized spacial score (nSPS) is 11.1. The molecule has 0 bridgehead atoms. The van der Waals surface area contributed by atoms with Crippen molar-refractivity contribution in [2.24, 2.45) is 5.92 Å². The summed E-state index contributed by atoms with van der Waals surface area (Å²) in [5.41, 5.74) is 4.74. The summed E-state index contributed by atoms with van der Waals surface area (Å²) in [6.45, 7) is 5.39. The summed E-state index contributed by atoms with van der Waals surface area (Å²) in [6, 6.07) is 16.5. The van der Waals surface area contributed by atoms with Crippen LogP contribution in [0.15, 0.2) is 59.3 Å². The van der Waals surface area contributed by atoms with Crippen LogP contribution in [0.2, 0.25) is 0 Å². The first kappa shape index (κ1) is 18.7. The molecule has 26 heavy (non-hydrogen) atoms. The first-order valence-electron chi connectivity index (χ1n) is 9.01. The van der Waals surface area contributed by atoms with E-state index in [4.69, 9.17) is 9.72 Å². The third-order valence-corrected chi connectivity index (χ3v) is 5.18. The fourth-order valence-electron chi connectivity index (χ4n) is 3.23. The lowest BCUT2D eigenvalue weighted by molar-refractivity contribution is 0.408. The summed E-state index contributed by atoms with van der Waals surface area (Å²) < 4.78 is 8.86. The van der Waals surface area contributed by atoms with Gasteiger partial charge in [-0.2, -0.15) is 0 Å². The van der Waals surface area contributed by atoms with Gasteiger partial charge in [-0.05, 0) is 36.5 Å². The number of hydrogen-bond acceptors (Lipinski definition) is 2. The summed E-state index contributed by atoms with van der Waals surface area (Å²) in [5, 5.41) is 0. The summed E-state index contributed by atoms with van der Waals surface area (Å²) in [5.74, 6) is 1.52. The fourth-order valence-corrected chi connectivity index (χ4v) is 3.70. The number of nitrogens with zero attached hydrogens (tertiary/aromatic N) is 2. The van der Waals surface area contributed by atoms with Crippen LogP contribution < -0.4 is 4.74 Å². The van der Waals surface area contributed by atoms with Crippen LogP contribution in [0, 0.1) is 5.92 Å². The number of aryl methyl sites for hydroxylation is 2. The van der Waals surface area contributed by atoms with E-state index in [9.17, 15) is 0 Å². The molecule has 0 unspecified atom stereocenters. The Kier molecular flexibility index (Phi) is 6.15. The molecular formula is C22H25BrN2O.